The van der Waals surface area contributed by atoms with Gasteiger partial charge in [-0.25, -0.2) is 0 Å². The summed E-state index contributed by atoms with van der Waals surface area (Å²) in [5.74, 6) is 0. The monoisotopic (exact) mass is 341 g/mol. The first-order valence-corrected chi connectivity index (χ1v) is 7.61. The van der Waals surface area contributed by atoms with Gasteiger partial charge in [0.1, 0.15) is 5.69 Å². The maximum Gasteiger partial charge on any atom is 0.293 e. The highest BCUT2D eigenvalue weighted by Crippen LogP contribution is 2.32. The Kier molecular flexibility index (Phi) is 4.65. The minimum absolute atomic E-state index is 0.105. The highest BCUT2D eigenvalue weighted by atomic mass is 79.9. The second-order valence-corrected chi connectivity index (χ2v) is 6.81. The van der Waals surface area contributed by atoms with Crippen LogP contribution in [-0.2, 0) is 0 Å². The molecule has 1 heterocycles. The van der Waals surface area contributed by atoms with E-state index in [9.17, 15) is 10.1 Å². The third-order valence-electron chi connectivity index (χ3n) is 3.99. The molecule has 1 atom stereocenters. The first-order valence-electron chi connectivity index (χ1n) is 6.81. The normalized spacial score (nSPS) is 21.4. The number of rotatable bonds is 4. The molecule has 1 aromatic carbocycles. The lowest BCUT2D eigenvalue weighted by Gasteiger charge is -2.39. The van der Waals surface area contributed by atoms with Crippen molar-refractivity contribution in [1.29, 1.82) is 0 Å². The van der Waals surface area contributed by atoms with Crippen LogP contribution >= 0.6 is 15.9 Å². The van der Waals surface area contributed by atoms with Crippen LogP contribution in [0, 0.1) is 15.5 Å². The lowest BCUT2D eigenvalue weighted by Crippen LogP contribution is -2.50. The predicted octanol–water partition coefficient (Wildman–Crippen LogP) is 3.55. The number of nitrogens with one attached hydrogen (secondary N) is 2. The smallest absolute Gasteiger partial charge is 0.293 e. The standard InChI is InChI=1S/C14H20BrN3O2/c1-14(2)6-3-7-16-13(14)9-17-11-5-4-10(15)8-12(11)18(19)20/h4-5,8,13,16-17H,3,6-7,9H2,1-2H3. The molecule has 5 nitrogen and oxygen atoms in total. The summed E-state index contributed by atoms with van der Waals surface area (Å²) >= 11 is 3.27. The van der Waals surface area contributed by atoms with Crippen LogP contribution in [0.15, 0.2) is 22.7 Å². The Hall–Kier alpha value is -1.14. The van der Waals surface area contributed by atoms with Gasteiger partial charge in [-0.15, -0.1) is 0 Å². The van der Waals surface area contributed by atoms with E-state index < -0.39 is 0 Å². The van der Waals surface area contributed by atoms with Crippen LogP contribution in [0.1, 0.15) is 26.7 Å². The van der Waals surface area contributed by atoms with Crippen LogP contribution in [0.2, 0.25) is 0 Å². The number of hydrogen-bond acceptors (Lipinski definition) is 4. The number of nitrogens with zero attached hydrogens (tertiary/aromatic N) is 1. The molecule has 20 heavy (non-hydrogen) atoms. The van der Waals surface area contributed by atoms with E-state index in [0.717, 1.165) is 6.54 Å². The third kappa shape index (κ3) is 3.49. The third-order valence-corrected chi connectivity index (χ3v) is 4.48. The Morgan fingerprint density at radius 3 is 2.95 bits per heavy atom. The molecule has 1 aliphatic rings. The summed E-state index contributed by atoms with van der Waals surface area (Å²) in [4.78, 5) is 10.7. The highest BCUT2D eigenvalue weighted by molar-refractivity contribution is 9.10. The highest BCUT2D eigenvalue weighted by Gasteiger charge is 2.32. The summed E-state index contributed by atoms with van der Waals surface area (Å²) in [5.41, 5.74) is 0.879. The van der Waals surface area contributed by atoms with Gasteiger partial charge in [0, 0.05) is 23.1 Å². The van der Waals surface area contributed by atoms with Crippen molar-refractivity contribution >= 4 is 27.3 Å². The van der Waals surface area contributed by atoms with Crippen molar-refractivity contribution in [2.45, 2.75) is 32.7 Å². The summed E-state index contributed by atoms with van der Waals surface area (Å²) in [5, 5.41) is 17.8. The van der Waals surface area contributed by atoms with Crippen molar-refractivity contribution < 1.29 is 4.92 Å². The van der Waals surface area contributed by atoms with E-state index in [2.05, 4.69) is 40.4 Å². The van der Waals surface area contributed by atoms with Crippen LogP contribution < -0.4 is 10.6 Å². The predicted molar refractivity (Wildman–Crippen MR) is 84.1 cm³/mol. The lowest BCUT2D eigenvalue weighted by atomic mass is 9.77. The van der Waals surface area contributed by atoms with Crippen LogP contribution in [0.3, 0.4) is 0 Å². The summed E-state index contributed by atoms with van der Waals surface area (Å²) in [6, 6.07) is 5.41. The topological polar surface area (TPSA) is 67.2 Å². The Bertz CT molecular complexity index is 505. The molecule has 1 aliphatic heterocycles. The number of hydrogen-bond donors (Lipinski definition) is 2. The largest absolute Gasteiger partial charge is 0.378 e. The van der Waals surface area contributed by atoms with E-state index in [4.69, 9.17) is 0 Å². The van der Waals surface area contributed by atoms with E-state index >= 15 is 0 Å². The second kappa shape index (κ2) is 6.10. The molecule has 0 bridgehead atoms. The van der Waals surface area contributed by atoms with Crippen molar-refractivity contribution in [3.8, 4) is 0 Å². The fourth-order valence-corrected chi connectivity index (χ4v) is 2.99. The first kappa shape index (κ1) is 15.3. The molecule has 1 fully saturated rings. The van der Waals surface area contributed by atoms with Crippen LogP contribution in [-0.4, -0.2) is 24.1 Å². The average molecular weight is 342 g/mol. The zero-order valence-corrected chi connectivity index (χ0v) is 13.4. The van der Waals surface area contributed by atoms with Gasteiger partial charge in [0.2, 0.25) is 0 Å². The Balaban J connectivity index is 2.09. The van der Waals surface area contributed by atoms with E-state index in [-0.39, 0.29) is 16.0 Å². The fraction of sp³-hybridized carbons (Fsp3) is 0.571. The molecule has 0 aromatic heterocycles. The van der Waals surface area contributed by atoms with E-state index in [1.807, 2.05) is 6.07 Å². The number of piperidine rings is 1. The quantitative estimate of drug-likeness (QED) is 0.649. The lowest BCUT2D eigenvalue weighted by molar-refractivity contribution is -0.384. The van der Waals surface area contributed by atoms with Gasteiger partial charge in [-0.05, 0) is 36.9 Å². The molecule has 0 spiro atoms. The van der Waals surface area contributed by atoms with Crippen molar-refractivity contribution in [3.63, 3.8) is 0 Å². The van der Waals surface area contributed by atoms with Crippen molar-refractivity contribution in [3.05, 3.63) is 32.8 Å². The summed E-state index contributed by atoms with van der Waals surface area (Å²) < 4.78 is 0.714. The number of halogens is 1. The molecule has 2 N–H and O–H groups in total. The van der Waals surface area contributed by atoms with Gasteiger partial charge in [0.15, 0.2) is 0 Å². The van der Waals surface area contributed by atoms with Gasteiger partial charge in [-0.3, -0.25) is 10.1 Å². The van der Waals surface area contributed by atoms with E-state index in [1.54, 1.807) is 6.07 Å². The average Bonchev–Trinajstić information content (AvgIpc) is 2.38. The van der Waals surface area contributed by atoms with Gasteiger partial charge in [0.05, 0.1) is 4.92 Å². The maximum atomic E-state index is 11.1. The molecule has 0 radical (unpaired) electrons. The van der Waals surface area contributed by atoms with Gasteiger partial charge in [-0.1, -0.05) is 29.8 Å². The van der Waals surface area contributed by atoms with Crippen molar-refractivity contribution in [2.24, 2.45) is 5.41 Å². The molecule has 0 saturated carbocycles. The number of nitro benzene ring substituents is 1. The maximum absolute atomic E-state index is 11.1. The molecule has 6 heteroatoms. The van der Waals surface area contributed by atoms with Gasteiger partial charge in [0.25, 0.3) is 5.69 Å². The zero-order valence-electron chi connectivity index (χ0n) is 11.8. The summed E-state index contributed by atoms with van der Waals surface area (Å²) in [6.45, 7) is 6.18. The minimum atomic E-state index is -0.355. The molecule has 0 aliphatic carbocycles. The molecule has 1 saturated heterocycles. The van der Waals surface area contributed by atoms with Crippen molar-refractivity contribution in [2.75, 3.05) is 18.4 Å². The van der Waals surface area contributed by atoms with Gasteiger partial charge >= 0.3 is 0 Å². The second-order valence-electron chi connectivity index (χ2n) is 5.90. The van der Waals surface area contributed by atoms with E-state index in [1.165, 1.54) is 18.9 Å². The summed E-state index contributed by atoms with van der Waals surface area (Å²) in [7, 11) is 0. The SMILES string of the molecule is CC1(C)CCCNC1CNc1ccc(Br)cc1[N+](=O)[O-]. The van der Waals surface area contributed by atoms with Crippen LogP contribution in [0.4, 0.5) is 11.4 Å². The number of benzene rings is 1. The molecule has 1 unspecified atom stereocenters. The Morgan fingerprint density at radius 2 is 2.30 bits per heavy atom. The molecular weight excluding hydrogens is 322 g/mol. The fourth-order valence-electron chi connectivity index (χ4n) is 2.64. The van der Waals surface area contributed by atoms with Crippen molar-refractivity contribution in [1.82, 2.24) is 5.32 Å². The minimum Gasteiger partial charge on any atom is -0.378 e. The molecule has 0 amide bonds. The Morgan fingerprint density at radius 1 is 1.55 bits per heavy atom. The van der Waals surface area contributed by atoms with E-state index in [0.29, 0.717) is 22.7 Å². The van der Waals surface area contributed by atoms with Crippen LogP contribution in [0.5, 0.6) is 0 Å². The first-order chi connectivity index (χ1) is 9.40. The zero-order chi connectivity index (χ0) is 14.8. The molecule has 2 rings (SSSR count). The Labute approximate surface area is 127 Å². The van der Waals surface area contributed by atoms with Gasteiger partial charge in [-0.2, -0.15) is 0 Å². The molecular formula is C14H20BrN3O2. The molecule has 110 valence electrons. The van der Waals surface area contributed by atoms with Gasteiger partial charge < -0.3 is 10.6 Å². The molecule has 1 aromatic rings. The number of anilines is 1. The number of nitro groups is 1. The van der Waals surface area contributed by atoms with Crippen LogP contribution in [0.25, 0.3) is 0 Å². The summed E-state index contributed by atoms with van der Waals surface area (Å²) in [6.07, 6.45) is 2.36.